The van der Waals surface area contributed by atoms with Crippen molar-refractivity contribution < 1.29 is 22.4 Å². The van der Waals surface area contributed by atoms with Crippen molar-refractivity contribution in [2.75, 3.05) is 11.5 Å². The van der Waals surface area contributed by atoms with Gasteiger partial charge in [-0.05, 0) is 31.0 Å². The third-order valence-corrected chi connectivity index (χ3v) is 5.46. The predicted octanol–water partition coefficient (Wildman–Crippen LogP) is 0.317. The lowest BCUT2D eigenvalue weighted by Crippen LogP contribution is -2.50. The number of urea groups is 1. The van der Waals surface area contributed by atoms with Gasteiger partial charge in [0.15, 0.2) is 9.84 Å². The number of nitrogens with one attached hydrogen (secondary N) is 3. The van der Waals surface area contributed by atoms with E-state index in [0.29, 0.717) is 6.42 Å². The number of carbonyl (C=O) groups excluding carboxylic acids is 2. The molecule has 1 aromatic carbocycles. The molecule has 1 heterocycles. The quantitative estimate of drug-likeness (QED) is 0.706. The largest absolute Gasteiger partial charge is 0.350 e. The maximum absolute atomic E-state index is 12.8. The summed E-state index contributed by atoms with van der Waals surface area (Å²) in [5.74, 6) is -0.767. The molecule has 0 aliphatic carbocycles. The van der Waals surface area contributed by atoms with Crippen LogP contribution in [0.15, 0.2) is 24.3 Å². The average molecular weight is 357 g/mol. The van der Waals surface area contributed by atoms with Crippen molar-refractivity contribution in [3.8, 4) is 0 Å². The standard InChI is InChI=1S/C15H20FN3O4S/c1-10(14(20)17-8-11-2-4-12(16)5-3-11)18-15(21)19-13-6-7-24(22,23)9-13/h2-5,10,13H,6-9H2,1H3,(H,17,20)(H2,18,19,21)/t10-,13+/m0/s1. The van der Waals surface area contributed by atoms with E-state index in [0.717, 1.165) is 5.56 Å². The van der Waals surface area contributed by atoms with Gasteiger partial charge in [-0.2, -0.15) is 0 Å². The number of amides is 3. The summed E-state index contributed by atoms with van der Waals surface area (Å²) in [6.45, 7) is 1.73. The van der Waals surface area contributed by atoms with Crippen LogP contribution < -0.4 is 16.0 Å². The third kappa shape index (κ3) is 5.48. The van der Waals surface area contributed by atoms with Gasteiger partial charge in [-0.1, -0.05) is 12.1 Å². The fraction of sp³-hybridized carbons (Fsp3) is 0.467. The van der Waals surface area contributed by atoms with Gasteiger partial charge < -0.3 is 16.0 Å². The summed E-state index contributed by atoms with van der Waals surface area (Å²) in [7, 11) is -3.08. The second-order valence-corrected chi connectivity index (χ2v) is 8.01. The van der Waals surface area contributed by atoms with Crippen LogP contribution in [0.3, 0.4) is 0 Å². The number of hydrogen-bond acceptors (Lipinski definition) is 4. The lowest BCUT2D eigenvalue weighted by molar-refractivity contribution is -0.122. The van der Waals surface area contributed by atoms with Crippen LogP contribution in [-0.4, -0.2) is 43.9 Å². The van der Waals surface area contributed by atoms with Crippen LogP contribution in [0.2, 0.25) is 0 Å². The van der Waals surface area contributed by atoms with Gasteiger partial charge in [0.1, 0.15) is 11.9 Å². The zero-order valence-electron chi connectivity index (χ0n) is 13.2. The van der Waals surface area contributed by atoms with Crippen LogP contribution in [0.5, 0.6) is 0 Å². The fourth-order valence-electron chi connectivity index (χ4n) is 2.34. The molecule has 1 saturated heterocycles. The molecule has 0 radical (unpaired) electrons. The molecule has 0 saturated carbocycles. The van der Waals surface area contributed by atoms with Crippen molar-refractivity contribution >= 4 is 21.8 Å². The van der Waals surface area contributed by atoms with Crippen LogP contribution in [0.25, 0.3) is 0 Å². The highest BCUT2D eigenvalue weighted by Crippen LogP contribution is 2.10. The van der Waals surface area contributed by atoms with E-state index in [-0.39, 0.29) is 23.9 Å². The van der Waals surface area contributed by atoms with Crippen molar-refractivity contribution in [1.29, 1.82) is 0 Å². The number of sulfone groups is 1. The van der Waals surface area contributed by atoms with E-state index in [1.54, 1.807) is 12.1 Å². The molecule has 3 amide bonds. The normalized spacial score (nSPS) is 20.2. The summed E-state index contributed by atoms with van der Waals surface area (Å²) in [5.41, 5.74) is 0.734. The van der Waals surface area contributed by atoms with Gasteiger partial charge in [0.25, 0.3) is 0 Å². The van der Waals surface area contributed by atoms with E-state index >= 15 is 0 Å². The zero-order valence-corrected chi connectivity index (χ0v) is 14.0. The molecule has 3 N–H and O–H groups in total. The summed E-state index contributed by atoms with van der Waals surface area (Å²) in [5, 5.41) is 7.64. The molecule has 7 nitrogen and oxygen atoms in total. The maximum atomic E-state index is 12.8. The first-order valence-electron chi connectivity index (χ1n) is 7.55. The van der Waals surface area contributed by atoms with Crippen LogP contribution in [0.1, 0.15) is 18.9 Å². The van der Waals surface area contributed by atoms with Crippen molar-refractivity contribution in [3.63, 3.8) is 0 Å². The van der Waals surface area contributed by atoms with E-state index in [1.165, 1.54) is 19.1 Å². The van der Waals surface area contributed by atoms with Crippen molar-refractivity contribution in [1.82, 2.24) is 16.0 Å². The van der Waals surface area contributed by atoms with E-state index < -0.39 is 33.9 Å². The van der Waals surface area contributed by atoms with Gasteiger partial charge in [-0.15, -0.1) is 0 Å². The summed E-state index contributed by atoms with van der Waals surface area (Å²) < 4.78 is 35.5. The van der Waals surface area contributed by atoms with Gasteiger partial charge in [-0.3, -0.25) is 4.79 Å². The minimum absolute atomic E-state index is 0.0612. The highest BCUT2D eigenvalue weighted by Gasteiger charge is 2.29. The molecular formula is C15H20FN3O4S. The fourth-order valence-corrected chi connectivity index (χ4v) is 4.02. The molecule has 132 valence electrons. The summed E-state index contributed by atoms with van der Waals surface area (Å²) in [4.78, 5) is 23.7. The molecule has 0 unspecified atom stereocenters. The van der Waals surface area contributed by atoms with Crippen LogP contribution in [0.4, 0.5) is 9.18 Å². The first-order valence-corrected chi connectivity index (χ1v) is 9.37. The number of hydrogen-bond donors (Lipinski definition) is 3. The van der Waals surface area contributed by atoms with E-state index in [9.17, 15) is 22.4 Å². The first-order chi connectivity index (χ1) is 11.2. The van der Waals surface area contributed by atoms with E-state index in [4.69, 9.17) is 0 Å². The Labute approximate surface area is 139 Å². The lowest BCUT2D eigenvalue weighted by atomic mass is 10.2. The number of carbonyl (C=O) groups is 2. The highest BCUT2D eigenvalue weighted by atomic mass is 32.2. The summed E-state index contributed by atoms with van der Waals surface area (Å²) in [6, 6.07) is 3.91. The summed E-state index contributed by atoms with van der Waals surface area (Å²) >= 11 is 0. The van der Waals surface area contributed by atoms with Crippen molar-refractivity contribution in [2.24, 2.45) is 0 Å². The molecule has 24 heavy (non-hydrogen) atoms. The van der Waals surface area contributed by atoms with Gasteiger partial charge in [0.2, 0.25) is 5.91 Å². The molecule has 9 heteroatoms. The second-order valence-electron chi connectivity index (χ2n) is 5.78. The lowest BCUT2D eigenvalue weighted by Gasteiger charge is -2.17. The molecule has 1 fully saturated rings. The van der Waals surface area contributed by atoms with Crippen molar-refractivity contribution in [3.05, 3.63) is 35.6 Å². The first kappa shape index (κ1) is 18.2. The molecule has 2 rings (SSSR count). The Morgan fingerprint density at radius 2 is 1.96 bits per heavy atom. The van der Waals surface area contributed by atoms with Crippen LogP contribution in [-0.2, 0) is 21.2 Å². The Kier molecular flexibility index (Phi) is 5.76. The minimum Gasteiger partial charge on any atom is -0.350 e. The van der Waals surface area contributed by atoms with Crippen molar-refractivity contribution in [2.45, 2.75) is 32.0 Å². The number of benzene rings is 1. The Balaban J connectivity index is 1.74. The number of halogens is 1. The zero-order chi connectivity index (χ0) is 17.7. The molecule has 1 aliphatic heterocycles. The summed E-state index contributed by atoms with van der Waals surface area (Å²) in [6.07, 6.45) is 0.376. The molecule has 1 aromatic rings. The van der Waals surface area contributed by atoms with Gasteiger partial charge in [0.05, 0.1) is 11.5 Å². The predicted molar refractivity (Wildman–Crippen MR) is 86.4 cm³/mol. The molecular weight excluding hydrogens is 337 g/mol. The molecule has 0 bridgehead atoms. The molecule has 0 spiro atoms. The average Bonchev–Trinajstić information content (AvgIpc) is 2.84. The Hall–Kier alpha value is -2.16. The maximum Gasteiger partial charge on any atom is 0.315 e. The van der Waals surface area contributed by atoms with Crippen LogP contribution >= 0.6 is 0 Å². The third-order valence-electron chi connectivity index (χ3n) is 3.69. The Morgan fingerprint density at radius 3 is 2.54 bits per heavy atom. The van der Waals surface area contributed by atoms with Gasteiger partial charge in [0, 0.05) is 12.6 Å². The topological polar surface area (TPSA) is 104 Å². The molecule has 1 aliphatic rings. The monoisotopic (exact) mass is 357 g/mol. The Morgan fingerprint density at radius 1 is 1.29 bits per heavy atom. The van der Waals surface area contributed by atoms with Crippen LogP contribution in [0, 0.1) is 5.82 Å². The highest BCUT2D eigenvalue weighted by molar-refractivity contribution is 7.91. The Bertz CT molecular complexity index is 706. The smallest absolute Gasteiger partial charge is 0.315 e. The SMILES string of the molecule is C[C@H](NC(=O)N[C@@H]1CCS(=O)(=O)C1)C(=O)NCc1ccc(F)cc1. The van der Waals surface area contributed by atoms with Gasteiger partial charge >= 0.3 is 6.03 Å². The second kappa shape index (κ2) is 7.61. The van der Waals surface area contributed by atoms with E-state index in [2.05, 4.69) is 16.0 Å². The van der Waals surface area contributed by atoms with E-state index in [1.807, 2.05) is 0 Å². The molecule has 0 aromatic heterocycles. The minimum atomic E-state index is -3.08. The molecule has 2 atom stereocenters. The van der Waals surface area contributed by atoms with Gasteiger partial charge in [-0.25, -0.2) is 17.6 Å². The number of rotatable bonds is 5.